The van der Waals surface area contributed by atoms with Gasteiger partial charge in [0.05, 0.1) is 0 Å². The summed E-state index contributed by atoms with van der Waals surface area (Å²) in [6, 6.07) is 24.6. The number of hydrogen-bond acceptors (Lipinski definition) is 3. The summed E-state index contributed by atoms with van der Waals surface area (Å²) >= 11 is 5.89. The third kappa shape index (κ3) is 8.47. The van der Waals surface area contributed by atoms with Crippen LogP contribution < -0.4 is 15.4 Å². The van der Waals surface area contributed by atoms with Gasteiger partial charge in [0.25, 0.3) is 0 Å². The molecule has 0 unspecified atom stereocenters. The molecule has 160 valence electrons. The molecule has 3 aromatic carbocycles. The van der Waals surface area contributed by atoms with Gasteiger partial charge in [-0.05, 0) is 59.7 Å². The van der Waals surface area contributed by atoms with E-state index in [4.69, 9.17) is 16.3 Å². The van der Waals surface area contributed by atoms with Gasteiger partial charge in [0.1, 0.15) is 12.4 Å². The fraction of sp³-hybridized carbons (Fsp3) is 0.259. The smallest absolute Gasteiger partial charge is 0.119 e. The van der Waals surface area contributed by atoms with Crippen LogP contribution in [0, 0.1) is 11.8 Å². The van der Waals surface area contributed by atoms with Crippen molar-refractivity contribution in [1.82, 2.24) is 10.6 Å². The molecule has 0 saturated heterocycles. The van der Waals surface area contributed by atoms with Gasteiger partial charge in [-0.2, -0.15) is 0 Å². The van der Waals surface area contributed by atoms with Crippen molar-refractivity contribution in [2.75, 3.05) is 13.2 Å². The van der Waals surface area contributed by atoms with Crippen molar-refractivity contribution < 1.29 is 4.74 Å². The number of nitrogens with one attached hydrogen (secondary N) is 2. The number of ether oxygens (including phenoxy) is 1. The Hall–Kier alpha value is -2.77. The number of halogens is 1. The molecule has 3 nitrogen and oxygen atoms in total. The van der Waals surface area contributed by atoms with Crippen LogP contribution in [0.5, 0.6) is 5.75 Å². The van der Waals surface area contributed by atoms with Gasteiger partial charge in [0.2, 0.25) is 0 Å². The maximum Gasteiger partial charge on any atom is 0.119 e. The Morgan fingerprint density at radius 1 is 0.774 bits per heavy atom. The van der Waals surface area contributed by atoms with Crippen LogP contribution in [0.2, 0.25) is 5.02 Å². The standard InChI is InChI=1S/C27H29ClN2O/c1-21(2)30-20-25-7-5-24(6-8-25)19-29-17-18-31-27-15-11-23(12-16-27)4-3-22-9-13-26(28)14-10-22/h5-16,21,29-30H,17-20H2,1-2H3. The summed E-state index contributed by atoms with van der Waals surface area (Å²) < 4.78 is 5.81. The van der Waals surface area contributed by atoms with Gasteiger partial charge in [-0.1, -0.05) is 61.6 Å². The molecule has 31 heavy (non-hydrogen) atoms. The molecular weight excluding hydrogens is 404 g/mol. The molecule has 0 saturated carbocycles. The topological polar surface area (TPSA) is 33.3 Å². The monoisotopic (exact) mass is 432 g/mol. The quantitative estimate of drug-likeness (QED) is 0.350. The highest BCUT2D eigenvalue weighted by Gasteiger charge is 1.98. The molecule has 0 spiro atoms. The molecule has 2 N–H and O–H groups in total. The van der Waals surface area contributed by atoms with Gasteiger partial charge in [0.15, 0.2) is 0 Å². The van der Waals surface area contributed by atoms with E-state index in [1.165, 1.54) is 11.1 Å². The van der Waals surface area contributed by atoms with Crippen LogP contribution in [-0.4, -0.2) is 19.2 Å². The van der Waals surface area contributed by atoms with E-state index in [0.29, 0.717) is 17.7 Å². The molecule has 0 heterocycles. The van der Waals surface area contributed by atoms with Crippen molar-refractivity contribution in [2.45, 2.75) is 33.0 Å². The average molecular weight is 433 g/mol. The van der Waals surface area contributed by atoms with Crippen LogP contribution in [0.15, 0.2) is 72.8 Å². The summed E-state index contributed by atoms with van der Waals surface area (Å²) in [4.78, 5) is 0. The van der Waals surface area contributed by atoms with Crippen LogP contribution in [0.25, 0.3) is 0 Å². The summed E-state index contributed by atoms with van der Waals surface area (Å²) in [5, 5.41) is 7.57. The maximum atomic E-state index is 5.89. The highest BCUT2D eigenvalue weighted by molar-refractivity contribution is 6.30. The Morgan fingerprint density at radius 2 is 1.32 bits per heavy atom. The lowest BCUT2D eigenvalue weighted by Crippen LogP contribution is -2.22. The van der Waals surface area contributed by atoms with Crippen molar-refractivity contribution in [3.8, 4) is 17.6 Å². The molecule has 0 radical (unpaired) electrons. The minimum absolute atomic E-state index is 0.500. The van der Waals surface area contributed by atoms with E-state index in [9.17, 15) is 0 Å². The highest BCUT2D eigenvalue weighted by Crippen LogP contribution is 2.12. The first-order chi connectivity index (χ1) is 15.1. The van der Waals surface area contributed by atoms with Gasteiger partial charge in [-0.3, -0.25) is 0 Å². The lowest BCUT2D eigenvalue weighted by atomic mass is 10.1. The predicted octanol–water partition coefficient (Wildman–Crippen LogP) is 5.41. The molecule has 0 fully saturated rings. The van der Waals surface area contributed by atoms with Crippen molar-refractivity contribution >= 4 is 11.6 Å². The van der Waals surface area contributed by atoms with Gasteiger partial charge < -0.3 is 15.4 Å². The van der Waals surface area contributed by atoms with E-state index in [2.05, 4.69) is 60.6 Å². The summed E-state index contributed by atoms with van der Waals surface area (Å²) in [5.74, 6) is 7.14. The molecule has 0 bridgehead atoms. The fourth-order valence-corrected chi connectivity index (χ4v) is 3.01. The maximum absolute atomic E-state index is 5.89. The number of rotatable bonds is 9. The molecule has 3 rings (SSSR count). The lowest BCUT2D eigenvalue weighted by molar-refractivity contribution is 0.313. The molecule has 0 aliphatic rings. The van der Waals surface area contributed by atoms with E-state index in [1.54, 1.807) is 0 Å². The highest BCUT2D eigenvalue weighted by atomic mass is 35.5. The minimum Gasteiger partial charge on any atom is -0.492 e. The molecule has 0 aliphatic heterocycles. The second kappa shape index (κ2) is 12.2. The van der Waals surface area contributed by atoms with E-state index in [0.717, 1.165) is 36.5 Å². The average Bonchev–Trinajstić information content (AvgIpc) is 2.79. The van der Waals surface area contributed by atoms with E-state index in [-0.39, 0.29) is 0 Å². The third-order valence-corrected chi connectivity index (χ3v) is 4.92. The molecule has 0 aromatic heterocycles. The third-order valence-electron chi connectivity index (χ3n) is 4.66. The van der Waals surface area contributed by atoms with Crippen molar-refractivity contribution in [3.63, 3.8) is 0 Å². The molecule has 4 heteroatoms. The fourth-order valence-electron chi connectivity index (χ4n) is 2.88. The molecule has 3 aromatic rings. The van der Waals surface area contributed by atoms with Gasteiger partial charge in [0, 0.05) is 41.8 Å². The first-order valence-corrected chi connectivity index (χ1v) is 11.0. The summed E-state index contributed by atoms with van der Waals surface area (Å²) in [5.41, 5.74) is 4.48. The Labute approximate surface area is 190 Å². The Bertz CT molecular complexity index is 985. The molecule has 0 aliphatic carbocycles. The molecule has 0 amide bonds. The second-order valence-electron chi connectivity index (χ2n) is 7.66. The van der Waals surface area contributed by atoms with E-state index >= 15 is 0 Å². The van der Waals surface area contributed by atoms with Crippen LogP contribution in [0.1, 0.15) is 36.1 Å². The first kappa shape index (κ1) is 22.9. The van der Waals surface area contributed by atoms with Crippen molar-refractivity contribution in [1.29, 1.82) is 0 Å². The molecule has 0 atom stereocenters. The van der Waals surface area contributed by atoms with Crippen LogP contribution >= 0.6 is 11.6 Å². The lowest BCUT2D eigenvalue weighted by Gasteiger charge is -2.10. The van der Waals surface area contributed by atoms with Gasteiger partial charge in [-0.25, -0.2) is 0 Å². The largest absolute Gasteiger partial charge is 0.492 e. The summed E-state index contributed by atoms with van der Waals surface area (Å²) in [6.07, 6.45) is 0. The van der Waals surface area contributed by atoms with Crippen LogP contribution in [0.4, 0.5) is 0 Å². The summed E-state index contributed by atoms with van der Waals surface area (Å²) in [7, 11) is 0. The predicted molar refractivity (Wildman–Crippen MR) is 129 cm³/mol. The normalized spacial score (nSPS) is 10.6. The van der Waals surface area contributed by atoms with Crippen LogP contribution in [-0.2, 0) is 13.1 Å². The zero-order valence-corrected chi connectivity index (χ0v) is 18.9. The number of hydrogen-bond donors (Lipinski definition) is 2. The Morgan fingerprint density at radius 3 is 1.90 bits per heavy atom. The van der Waals surface area contributed by atoms with E-state index in [1.807, 2.05) is 48.5 Å². The van der Waals surface area contributed by atoms with Crippen molar-refractivity contribution in [3.05, 3.63) is 100 Å². The van der Waals surface area contributed by atoms with Gasteiger partial charge in [-0.15, -0.1) is 0 Å². The van der Waals surface area contributed by atoms with Crippen LogP contribution in [0.3, 0.4) is 0 Å². The second-order valence-corrected chi connectivity index (χ2v) is 8.10. The van der Waals surface area contributed by atoms with E-state index < -0.39 is 0 Å². The zero-order chi connectivity index (χ0) is 21.9. The minimum atomic E-state index is 0.500. The SMILES string of the molecule is CC(C)NCc1ccc(CNCCOc2ccc(C#Cc3ccc(Cl)cc3)cc2)cc1. The zero-order valence-electron chi connectivity index (χ0n) is 18.1. The number of benzene rings is 3. The van der Waals surface area contributed by atoms with Crippen molar-refractivity contribution in [2.24, 2.45) is 0 Å². The Kier molecular flexibility index (Phi) is 8.99. The van der Waals surface area contributed by atoms with Gasteiger partial charge >= 0.3 is 0 Å². The molecular formula is C27H29ClN2O. The summed E-state index contributed by atoms with van der Waals surface area (Å²) in [6.45, 7) is 7.46. The Balaban J connectivity index is 1.36. The first-order valence-electron chi connectivity index (χ1n) is 10.6.